The highest BCUT2D eigenvalue weighted by atomic mass is 16.5. The third kappa shape index (κ3) is 4.55. The van der Waals surface area contributed by atoms with Gasteiger partial charge in [0.25, 0.3) is 0 Å². The quantitative estimate of drug-likeness (QED) is 0.618. The molecule has 0 bridgehead atoms. The molecule has 0 aliphatic heterocycles. The summed E-state index contributed by atoms with van der Waals surface area (Å²) in [7, 11) is 0. The second kappa shape index (κ2) is 8.20. The Labute approximate surface area is 168 Å². The Morgan fingerprint density at radius 1 is 1.10 bits per heavy atom. The highest BCUT2D eigenvalue weighted by molar-refractivity contribution is 5.61. The molecular weight excluding hydrogens is 364 g/mol. The van der Waals surface area contributed by atoms with Crippen LogP contribution in [0.5, 0.6) is 11.5 Å². The molecule has 1 N–H and O–H groups in total. The van der Waals surface area contributed by atoms with Crippen LogP contribution < -0.4 is 10.1 Å². The lowest BCUT2D eigenvalue weighted by molar-refractivity contribution is 0.481. The molecular formula is C22H16N6O. The van der Waals surface area contributed by atoms with Gasteiger partial charge < -0.3 is 10.1 Å². The fraction of sp³-hybridized carbons (Fsp3) is 0.136. The van der Waals surface area contributed by atoms with Crippen molar-refractivity contribution in [1.29, 1.82) is 10.5 Å². The third-order valence-corrected chi connectivity index (χ3v) is 4.33. The van der Waals surface area contributed by atoms with Gasteiger partial charge in [-0.05, 0) is 48.7 Å². The molecule has 0 saturated heterocycles. The van der Waals surface area contributed by atoms with Gasteiger partial charge in [-0.2, -0.15) is 15.5 Å². The van der Waals surface area contributed by atoms with Crippen molar-refractivity contribution >= 4 is 17.7 Å². The molecule has 1 aliphatic rings. The number of allylic oxidation sites excluding steroid dienone is 1. The van der Waals surface area contributed by atoms with Crippen LogP contribution in [0.4, 0.5) is 11.6 Å². The fourth-order valence-corrected chi connectivity index (χ4v) is 2.76. The van der Waals surface area contributed by atoms with Crippen molar-refractivity contribution in [3.05, 3.63) is 71.8 Å². The van der Waals surface area contributed by atoms with Crippen molar-refractivity contribution in [2.24, 2.45) is 0 Å². The average Bonchev–Trinajstić information content (AvgIpc) is 3.59. The summed E-state index contributed by atoms with van der Waals surface area (Å²) in [6.07, 6.45) is 6.81. The van der Waals surface area contributed by atoms with Gasteiger partial charge >= 0.3 is 0 Å². The Kier molecular flexibility index (Phi) is 5.13. The molecule has 7 heteroatoms. The Morgan fingerprint density at radius 2 is 2.00 bits per heavy atom. The summed E-state index contributed by atoms with van der Waals surface area (Å²) < 4.78 is 5.94. The smallest absolute Gasteiger partial charge is 0.230 e. The number of benzene rings is 2. The first kappa shape index (κ1) is 18.1. The molecule has 2 aromatic carbocycles. The van der Waals surface area contributed by atoms with Crippen LogP contribution in [-0.2, 0) is 0 Å². The lowest BCUT2D eigenvalue weighted by Crippen LogP contribution is -2.02. The zero-order valence-electron chi connectivity index (χ0n) is 15.4. The molecule has 4 rings (SSSR count). The number of hydrogen-bond acceptors (Lipinski definition) is 7. The van der Waals surface area contributed by atoms with E-state index >= 15 is 0 Å². The first-order chi connectivity index (χ1) is 14.2. The van der Waals surface area contributed by atoms with Crippen LogP contribution in [0.15, 0.2) is 54.9 Å². The standard InChI is InChI=1S/C22H16N6O/c23-10-2-4-15-3-1-5-19(11-15)29-20-12-18(9-8-17(20)13-24)27-22-26-14-25-21(28-22)16-6-7-16/h1-5,8-9,11-12,14,16H,6-7H2,(H,25,26,27,28)/b4-2+. The molecule has 29 heavy (non-hydrogen) atoms. The molecule has 0 amide bonds. The summed E-state index contributed by atoms with van der Waals surface area (Å²) >= 11 is 0. The summed E-state index contributed by atoms with van der Waals surface area (Å²) in [6.45, 7) is 0. The lowest BCUT2D eigenvalue weighted by atomic mass is 10.2. The van der Waals surface area contributed by atoms with Gasteiger partial charge in [0.15, 0.2) is 0 Å². The summed E-state index contributed by atoms with van der Waals surface area (Å²) in [5, 5.41) is 21.2. The SMILES string of the molecule is N#C/C=C/c1cccc(Oc2cc(Nc3ncnc(C4CC4)n3)ccc2C#N)c1. The molecule has 1 saturated carbocycles. The van der Waals surface area contributed by atoms with E-state index in [4.69, 9.17) is 10.00 Å². The van der Waals surface area contributed by atoms with E-state index in [9.17, 15) is 5.26 Å². The maximum atomic E-state index is 9.42. The van der Waals surface area contributed by atoms with Crippen molar-refractivity contribution in [2.75, 3.05) is 5.32 Å². The predicted octanol–water partition coefficient (Wildman–Crippen LogP) is 4.69. The normalized spacial score (nSPS) is 12.9. The van der Waals surface area contributed by atoms with E-state index < -0.39 is 0 Å². The van der Waals surface area contributed by atoms with Crippen LogP contribution in [0.25, 0.3) is 6.08 Å². The number of nitriles is 2. The Morgan fingerprint density at radius 3 is 2.79 bits per heavy atom. The van der Waals surface area contributed by atoms with Crippen LogP contribution in [0.1, 0.15) is 35.7 Å². The molecule has 0 spiro atoms. The van der Waals surface area contributed by atoms with Crippen molar-refractivity contribution in [3.8, 4) is 23.6 Å². The lowest BCUT2D eigenvalue weighted by Gasteiger charge is -2.11. The van der Waals surface area contributed by atoms with Crippen molar-refractivity contribution < 1.29 is 4.74 Å². The van der Waals surface area contributed by atoms with Crippen LogP contribution in [-0.4, -0.2) is 15.0 Å². The Balaban J connectivity index is 1.57. The molecule has 0 radical (unpaired) electrons. The summed E-state index contributed by atoms with van der Waals surface area (Å²) in [4.78, 5) is 12.8. The van der Waals surface area contributed by atoms with E-state index in [-0.39, 0.29) is 0 Å². The summed E-state index contributed by atoms with van der Waals surface area (Å²) in [5.41, 5.74) is 1.94. The van der Waals surface area contributed by atoms with Crippen molar-refractivity contribution in [1.82, 2.24) is 15.0 Å². The minimum atomic E-state index is 0.405. The van der Waals surface area contributed by atoms with Crippen LogP contribution in [0.3, 0.4) is 0 Å². The van der Waals surface area contributed by atoms with E-state index in [0.29, 0.717) is 34.6 Å². The second-order valence-corrected chi connectivity index (χ2v) is 6.53. The minimum Gasteiger partial charge on any atom is -0.456 e. The number of aromatic nitrogens is 3. The van der Waals surface area contributed by atoms with Gasteiger partial charge in [0, 0.05) is 23.7 Å². The summed E-state index contributed by atoms with van der Waals surface area (Å²) in [6, 6.07) is 16.6. The van der Waals surface area contributed by atoms with Gasteiger partial charge in [0.1, 0.15) is 29.7 Å². The first-order valence-corrected chi connectivity index (χ1v) is 9.09. The molecule has 7 nitrogen and oxygen atoms in total. The van der Waals surface area contributed by atoms with Gasteiger partial charge in [-0.25, -0.2) is 9.97 Å². The predicted molar refractivity (Wildman–Crippen MR) is 107 cm³/mol. The molecule has 0 unspecified atom stereocenters. The van der Waals surface area contributed by atoms with Gasteiger partial charge in [-0.1, -0.05) is 12.1 Å². The van der Waals surface area contributed by atoms with Crippen LogP contribution in [0, 0.1) is 22.7 Å². The molecule has 1 aliphatic carbocycles. The first-order valence-electron chi connectivity index (χ1n) is 9.09. The Hall–Kier alpha value is -4.23. The molecule has 140 valence electrons. The highest BCUT2D eigenvalue weighted by Crippen LogP contribution is 2.38. The molecule has 3 aromatic rings. The molecule has 1 aromatic heterocycles. The summed E-state index contributed by atoms with van der Waals surface area (Å²) in [5.74, 6) is 2.67. The molecule has 1 fully saturated rings. The van der Waals surface area contributed by atoms with Gasteiger partial charge in [-0.15, -0.1) is 0 Å². The monoisotopic (exact) mass is 380 g/mol. The van der Waals surface area contributed by atoms with Gasteiger partial charge in [0.2, 0.25) is 5.95 Å². The molecule has 1 heterocycles. The van der Waals surface area contributed by atoms with Crippen molar-refractivity contribution in [3.63, 3.8) is 0 Å². The van der Waals surface area contributed by atoms with E-state index in [1.807, 2.05) is 18.2 Å². The minimum absolute atomic E-state index is 0.405. The maximum Gasteiger partial charge on any atom is 0.230 e. The maximum absolute atomic E-state index is 9.42. The number of anilines is 2. The fourth-order valence-electron chi connectivity index (χ4n) is 2.76. The van der Waals surface area contributed by atoms with Gasteiger partial charge in [-0.3, -0.25) is 0 Å². The number of nitrogens with one attached hydrogen (secondary N) is 1. The van der Waals surface area contributed by atoms with Gasteiger partial charge in [0.05, 0.1) is 11.6 Å². The number of ether oxygens (including phenoxy) is 1. The van der Waals surface area contributed by atoms with Crippen LogP contribution >= 0.6 is 0 Å². The third-order valence-electron chi connectivity index (χ3n) is 4.33. The van der Waals surface area contributed by atoms with Crippen molar-refractivity contribution in [2.45, 2.75) is 18.8 Å². The largest absolute Gasteiger partial charge is 0.456 e. The van der Waals surface area contributed by atoms with Crippen LogP contribution in [0.2, 0.25) is 0 Å². The van der Waals surface area contributed by atoms with E-state index in [2.05, 4.69) is 26.3 Å². The zero-order valence-corrected chi connectivity index (χ0v) is 15.4. The second-order valence-electron chi connectivity index (χ2n) is 6.53. The van der Waals surface area contributed by atoms with E-state index in [1.54, 1.807) is 36.4 Å². The van der Waals surface area contributed by atoms with E-state index in [1.165, 1.54) is 12.4 Å². The number of hydrogen-bond donors (Lipinski definition) is 1. The number of nitrogens with zero attached hydrogens (tertiary/aromatic N) is 5. The average molecular weight is 380 g/mol. The zero-order chi connectivity index (χ0) is 20.1. The topological polar surface area (TPSA) is 108 Å². The Bertz CT molecular complexity index is 1150. The highest BCUT2D eigenvalue weighted by Gasteiger charge is 2.26. The van der Waals surface area contributed by atoms with E-state index in [0.717, 1.165) is 24.2 Å². The number of rotatable bonds is 6. The molecule has 0 atom stereocenters.